The van der Waals surface area contributed by atoms with Gasteiger partial charge in [0.25, 0.3) is 0 Å². The van der Waals surface area contributed by atoms with Gasteiger partial charge in [0.1, 0.15) is 0 Å². The molecule has 0 aromatic heterocycles. The Bertz CT molecular complexity index is 153. The highest BCUT2D eigenvalue weighted by atomic mass is 14.5. The summed E-state index contributed by atoms with van der Waals surface area (Å²) in [5.41, 5.74) is 6.26. The van der Waals surface area contributed by atoms with E-state index in [0.29, 0.717) is 5.41 Å². The Hall–Kier alpha value is -0.0400. The quantitative estimate of drug-likeness (QED) is 0.421. The van der Waals surface area contributed by atoms with Crippen LogP contribution < -0.4 is 5.73 Å². The van der Waals surface area contributed by atoms with Crippen LogP contribution in [0.15, 0.2) is 0 Å². The molecule has 0 radical (unpaired) electrons. The molecule has 0 aliphatic rings. The minimum Gasteiger partial charge on any atom is -0.330 e. The Labute approximate surface area is 116 Å². The maximum Gasteiger partial charge on any atom is -0.00771 e. The predicted octanol–water partition coefficient (Wildman–Crippen LogP) is 5.67. The normalized spacial score (nSPS) is 12.0. The molecule has 0 aromatic rings. The number of rotatable bonds is 13. The molecular formula is C17H37N. The Kier molecular flexibility index (Phi) is 12.0. The zero-order valence-corrected chi connectivity index (χ0v) is 13.3. The maximum atomic E-state index is 5.69. The van der Waals surface area contributed by atoms with E-state index < -0.39 is 0 Å². The van der Waals surface area contributed by atoms with Crippen molar-refractivity contribution in [2.24, 2.45) is 11.1 Å². The lowest BCUT2D eigenvalue weighted by Crippen LogP contribution is -2.18. The van der Waals surface area contributed by atoms with E-state index in [9.17, 15) is 0 Å². The summed E-state index contributed by atoms with van der Waals surface area (Å²) in [5, 5.41) is 0. The monoisotopic (exact) mass is 255 g/mol. The van der Waals surface area contributed by atoms with Crippen molar-refractivity contribution >= 4 is 0 Å². The first kappa shape index (κ1) is 18.0. The molecule has 1 heteroatoms. The van der Waals surface area contributed by atoms with Crippen molar-refractivity contribution in [1.82, 2.24) is 0 Å². The molecule has 0 atom stereocenters. The molecule has 18 heavy (non-hydrogen) atoms. The third kappa shape index (κ3) is 9.94. The highest BCUT2D eigenvalue weighted by Gasteiger charge is 2.22. The third-order valence-corrected chi connectivity index (χ3v) is 4.25. The smallest absolute Gasteiger partial charge is 0.00771 e. The zero-order valence-electron chi connectivity index (χ0n) is 13.3. The van der Waals surface area contributed by atoms with Gasteiger partial charge in [0.2, 0.25) is 0 Å². The summed E-state index contributed by atoms with van der Waals surface area (Å²) < 4.78 is 0. The second-order valence-electron chi connectivity index (χ2n) is 6.32. The first-order valence-corrected chi connectivity index (χ1v) is 8.38. The van der Waals surface area contributed by atoms with Gasteiger partial charge in [-0.25, -0.2) is 0 Å². The summed E-state index contributed by atoms with van der Waals surface area (Å²) in [4.78, 5) is 0. The van der Waals surface area contributed by atoms with Crippen molar-refractivity contribution in [3.63, 3.8) is 0 Å². The van der Waals surface area contributed by atoms with Gasteiger partial charge in [0.05, 0.1) is 0 Å². The molecule has 0 rings (SSSR count). The first-order valence-electron chi connectivity index (χ1n) is 8.38. The second kappa shape index (κ2) is 12.0. The fraction of sp³-hybridized carbons (Fsp3) is 1.00. The molecular weight excluding hydrogens is 218 g/mol. The fourth-order valence-electron chi connectivity index (χ4n) is 2.86. The van der Waals surface area contributed by atoms with Crippen molar-refractivity contribution in [3.8, 4) is 0 Å². The summed E-state index contributed by atoms with van der Waals surface area (Å²) in [6, 6.07) is 0. The van der Waals surface area contributed by atoms with Crippen LogP contribution >= 0.6 is 0 Å². The van der Waals surface area contributed by atoms with Crippen molar-refractivity contribution in [2.75, 3.05) is 6.54 Å². The molecule has 0 aliphatic carbocycles. The Morgan fingerprint density at radius 3 is 1.50 bits per heavy atom. The molecule has 0 aliphatic heterocycles. The summed E-state index contributed by atoms with van der Waals surface area (Å²) in [7, 11) is 0. The van der Waals surface area contributed by atoms with E-state index in [-0.39, 0.29) is 0 Å². The topological polar surface area (TPSA) is 26.0 Å². The molecule has 0 aromatic carbocycles. The standard InChI is InChI=1S/C17H37N/c1-4-6-8-10-13-17(3,15-12-16-18)14-11-9-7-5-2/h4-16,18H2,1-3H3. The molecule has 0 spiro atoms. The van der Waals surface area contributed by atoms with Gasteiger partial charge in [-0.05, 0) is 37.6 Å². The lowest BCUT2D eigenvalue weighted by molar-refractivity contribution is 0.227. The van der Waals surface area contributed by atoms with Gasteiger partial charge in [0, 0.05) is 0 Å². The number of hydrogen-bond acceptors (Lipinski definition) is 1. The van der Waals surface area contributed by atoms with E-state index in [0.717, 1.165) is 6.54 Å². The van der Waals surface area contributed by atoms with Crippen molar-refractivity contribution in [1.29, 1.82) is 0 Å². The van der Waals surface area contributed by atoms with Gasteiger partial charge in [-0.3, -0.25) is 0 Å². The second-order valence-corrected chi connectivity index (χ2v) is 6.32. The average Bonchev–Trinajstić information content (AvgIpc) is 2.38. The van der Waals surface area contributed by atoms with Crippen molar-refractivity contribution in [2.45, 2.75) is 97.8 Å². The molecule has 0 saturated heterocycles. The van der Waals surface area contributed by atoms with E-state index in [1.807, 2.05) is 0 Å². The summed E-state index contributed by atoms with van der Waals surface area (Å²) in [5.74, 6) is 0. The first-order chi connectivity index (χ1) is 8.68. The SMILES string of the molecule is CCCCCCC(C)(CCCN)CCCCCC. The molecule has 0 unspecified atom stereocenters. The molecule has 1 nitrogen and oxygen atoms in total. The minimum absolute atomic E-state index is 0.570. The van der Waals surface area contributed by atoms with Crippen LogP contribution in [0.4, 0.5) is 0 Å². The number of unbranched alkanes of at least 4 members (excludes halogenated alkanes) is 6. The van der Waals surface area contributed by atoms with E-state index >= 15 is 0 Å². The van der Waals surface area contributed by atoms with Crippen LogP contribution in [0.5, 0.6) is 0 Å². The van der Waals surface area contributed by atoms with Crippen LogP contribution in [0, 0.1) is 5.41 Å². The van der Waals surface area contributed by atoms with Gasteiger partial charge in [-0.15, -0.1) is 0 Å². The molecule has 0 heterocycles. The van der Waals surface area contributed by atoms with Crippen LogP contribution in [0.1, 0.15) is 97.8 Å². The van der Waals surface area contributed by atoms with E-state index in [1.54, 1.807) is 0 Å². The largest absolute Gasteiger partial charge is 0.330 e. The summed E-state index contributed by atoms with van der Waals surface area (Å²) in [6.07, 6.45) is 16.6. The highest BCUT2D eigenvalue weighted by Crippen LogP contribution is 2.35. The molecule has 0 amide bonds. The Morgan fingerprint density at radius 1 is 0.667 bits per heavy atom. The van der Waals surface area contributed by atoms with Gasteiger partial charge in [-0.1, -0.05) is 72.1 Å². The van der Waals surface area contributed by atoms with Gasteiger partial charge >= 0.3 is 0 Å². The molecule has 0 saturated carbocycles. The van der Waals surface area contributed by atoms with Crippen molar-refractivity contribution in [3.05, 3.63) is 0 Å². The number of nitrogens with two attached hydrogens (primary N) is 1. The molecule has 110 valence electrons. The summed E-state index contributed by atoms with van der Waals surface area (Å²) >= 11 is 0. The molecule has 2 N–H and O–H groups in total. The average molecular weight is 255 g/mol. The Morgan fingerprint density at radius 2 is 1.11 bits per heavy atom. The predicted molar refractivity (Wildman–Crippen MR) is 83.9 cm³/mol. The van der Waals surface area contributed by atoms with Crippen LogP contribution in [0.3, 0.4) is 0 Å². The van der Waals surface area contributed by atoms with Crippen LogP contribution in [0.25, 0.3) is 0 Å². The fourth-order valence-corrected chi connectivity index (χ4v) is 2.86. The van der Waals surface area contributed by atoms with Crippen LogP contribution in [-0.2, 0) is 0 Å². The van der Waals surface area contributed by atoms with Crippen molar-refractivity contribution < 1.29 is 0 Å². The van der Waals surface area contributed by atoms with Gasteiger partial charge in [0.15, 0.2) is 0 Å². The minimum atomic E-state index is 0.570. The van der Waals surface area contributed by atoms with Gasteiger partial charge < -0.3 is 5.73 Å². The molecule has 0 fully saturated rings. The van der Waals surface area contributed by atoms with E-state index in [4.69, 9.17) is 5.73 Å². The van der Waals surface area contributed by atoms with E-state index in [1.165, 1.54) is 77.0 Å². The zero-order chi connectivity index (χ0) is 13.7. The Balaban J connectivity index is 3.90. The summed E-state index contributed by atoms with van der Waals surface area (Å²) in [6.45, 7) is 7.94. The van der Waals surface area contributed by atoms with E-state index in [2.05, 4.69) is 20.8 Å². The number of hydrogen-bond donors (Lipinski definition) is 1. The lowest BCUT2D eigenvalue weighted by atomic mass is 9.76. The van der Waals surface area contributed by atoms with Gasteiger partial charge in [-0.2, -0.15) is 0 Å². The maximum absolute atomic E-state index is 5.69. The van der Waals surface area contributed by atoms with Crippen LogP contribution in [-0.4, -0.2) is 6.54 Å². The van der Waals surface area contributed by atoms with Crippen LogP contribution in [0.2, 0.25) is 0 Å². The third-order valence-electron chi connectivity index (χ3n) is 4.25. The lowest BCUT2D eigenvalue weighted by Gasteiger charge is -2.30. The highest BCUT2D eigenvalue weighted by molar-refractivity contribution is 4.75. The molecule has 0 bridgehead atoms.